The van der Waals surface area contributed by atoms with Crippen LogP contribution in [0.25, 0.3) is 0 Å². The molecule has 4 nitrogen and oxygen atoms in total. The van der Waals surface area contributed by atoms with Crippen molar-refractivity contribution in [1.82, 2.24) is 0 Å². The molecule has 0 aromatic heterocycles. The molecule has 1 N–H and O–H groups in total. The number of ether oxygens (including phenoxy) is 1. The zero-order chi connectivity index (χ0) is 12.0. The van der Waals surface area contributed by atoms with Crippen LogP contribution >= 0.6 is 31.9 Å². The highest BCUT2D eigenvalue weighted by Crippen LogP contribution is 2.57. The number of fused-ring (bicyclic) bond motifs is 2. The summed E-state index contributed by atoms with van der Waals surface area (Å²) in [6, 6.07) is 0. The number of carbonyl (C=O) groups is 2. The number of hydrogen-bond donors (Lipinski definition) is 1. The van der Waals surface area contributed by atoms with Gasteiger partial charge < -0.3 is 9.84 Å². The number of carbonyl (C=O) groups excluding carboxylic acids is 1. The van der Waals surface area contributed by atoms with Crippen molar-refractivity contribution in [2.75, 3.05) is 7.11 Å². The molecule has 0 heterocycles. The van der Waals surface area contributed by atoms with Gasteiger partial charge in [0, 0.05) is 9.65 Å². The predicted octanol–water partition coefficient (Wildman–Crippen LogP) is 1.65. The highest BCUT2D eigenvalue weighted by atomic mass is 79.9. The van der Waals surface area contributed by atoms with E-state index in [0.29, 0.717) is 0 Å². The molecule has 0 saturated heterocycles. The van der Waals surface area contributed by atoms with Crippen LogP contribution in [0.3, 0.4) is 0 Å². The molecule has 0 radical (unpaired) electrons. The third kappa shape index (κ3) is 1.61. The smallest absolute Gasteiger partial charge is 0.309 e. The predicted molar refractivity (Wildman–Crippen MR) is 63.7 cm³/mol. The third-order valence-corrected chi connectivity index (χ3v) is 6.94. The molecular weight excluding hydrogens is 344 g/mol. The molecule has 2 aliphatic carbocycles. The second-order valence-electron chi connectivity index (χ2n) is 4.37. The summed E-state index contributed by atoms with van der Waals surface area (Å²) in [4.78, 5) is 23.2. The molecule has 0 amide bonds. The summed E-state index contributed by atoms with van der Waals surface area (Å²) in [7, 11) is 1.31. The van der Waals surface area contributed by atoms with Crippen LogP contribution in [-0.2, 0) is 14.3 Å². The van der Waals surface area contributed by atoms with Crippen molar-refractivity contribution in [2.24, 2.45) is 23.7 Å². The average Bonchev–Trinajstić information content (AvgIpc) is 2.76. The van der Waals surface area contributed by atoms with E-state index in [9.17, 15) is 14.7 Å². The Balaban J connectivity index is 2.30. The van der Waals surface area contributed by atoms with Crippen molar-refractivity contribution in [3.8, 4) is 0 Å². The van der Waals surface area contributed by atoms with Crippen LogP contribution in [-0.4, -0.2) is 33.8 Å². The van der Waals surface area contributed by atoms with Gasteiger partial charge >= 0.3 is 11.9 Å². The number of carboxylic acid groups (broad SMARTS) is 1. The van der Waals surface area contributed by atoms with Crippen molar-refractivity contribution in [1.29, 1.82) is 0 Å². The van der Waals surface area contributed by atoms with Crippen molar-refractivity contribution < 1.29 is 19.4 Å². The quantitative estimate of drug-likeness (QED) is 0.604. The van der Waals surface area contributed by atoms with Crippen LogP contribution in [0.5, 0.6) is 0 Å². The topological polar surface area (TPSA) is 63.6 Å². The first-order chi connectivity index (χ1) is 7.49. The van der Waals surface area contributed by atoms with E-state index in [4.69, 9.17) is 4.74 Å². The highest BCUT2D eigenvalue weighted by Gasteiger charge is 2.61. The van der Waals surface area contributed by atoms with Crippen molar-refractivity contribution in [2.45, 2.75) is 16.1 Å². The van der Waals surface area contributed by atoms with Gasteiger partial charge in [0.15, 0.2) is 0 Å². The van der Waals surface area contributed by atoms with Crippen molar-refractivity contribution in [3.63, 3.8) is 0 Å². The first kappa shape index (κ1) is 12.4. The summed E-state index contributed by atoms with van der Waals surface area (Å²) in [5, 5.41) is 9.21. The Morgan fingerprint density at radius 3 is 2.12 bits per heavy atom. The van der Waals surface area contributed by atoms with E-state index in [0.717, 1.165) is 6.42 Å². The van der Waals surface area contributed by atoms with Gasteiger partial charge in [0.2, 0.25) is 0 Å². The van der Waals surface area contributed by atoms with E-state index in [2.05, 4.69) is 31.9 Å². The summed E-state index contributed by atoms with van der Waals surface area (Å²) in [6.45, 7) is 0. The number of halogens is 2. The molecule has 2 rings (SSSR count). The molecule has 2 saturated carbocycles. The van der Waals surface area contributed by atoms with Gasteiger partial charge in [-0.3, -0.25) is 9.59 Å². The number of carboxylic acids is 1. The lowest BCUT2D eigenvalue weighted by atomic mass is 9.79. The third-order valence-electron chi connectivity index (χ3n) is 3.73. The monoisotopic (exact) mass is 354 g/mol. The van der Waals surface area contributed by atoms with E-state index in [1.807, 2.05) is 0 Å². The molecule has 90 valence electrons. The molecule has 2 fully saturated rings. The Morgan fingerprint density at radius 1 is 1.19 bits per heavy atom. The number of rotatable bonds is 2. The van der Waals surface area contributed by atoms with Gasteiger partial charge in [-0.2, -0.15) is 0 Å². The lowest BCUT2D eigenvalue weighted by Gasteiger charge is -2.32. The van der Waals surface area contributed by atoms with Crippen molar-refractivity contribution >= 4 is 43.8 Å². The molecule has 0 spiro atoms. The average molecular weight is 356 g/mol. The number of methoxy groups -OCH3 is 1. The summed E-state index contributed by atoms with van der Waals surface area (Å²) in [5.74, 6) is -2.35. The number of alkyl halides is 2. The second-order valence-corrected chi connectivity index (χ2v) is 6.48. The summed E-state index contributed by atoms with van der Waals surface area (Å²) in [6.07, 6.45) is 0.766. The maximum Gasteiger partial charge on any atom is 0.309 e. The van der Waals surface area contributed by atoms with Crippen LogP contribution in [0.1, 0.15) is 6.42 Å². The van der Waals surface area contributed by atoms with Crippen LogP contribution in [0.15, 0.2) is 0 Å². The zero-order valence-electron chi connectivity index (χ0n) is 8.60. The number of esters is 1. The van der Waals surface area contributed by atoms with Gasteiger partial charge in [0.1, 0.15) is 0 Å². The fourth-order valence-corrected chi connectivity index (χ4v) is 4.94. The molecule has 2 aliphatic rings. The fraction of sp³-hybridized carbons (Fsp3) is 0.800. The maximum absolute atomic E-state index is 11.6. The largest absolute Gasteiger partial charge is 0.481 e. The van der Waals surface area contributed by atoms with Crippen LogP contribution < -0.4 is 0 Å². The van der Waals surface area contributed by atoms with Crippen molar-refractivity contribution in [3.05, 3.63) is 0 Å². The van der Waals surface area contributed by atoms with Crippen LogP contribution in [0.4, 0.5) is 0 Å². The van der Waals surface area contributed by atoms with Gasteiger partial charge in [-0.25, -0.2) is 0 Å². The van der Waals surface area contributed by atoms with E-state index in [-0.39, 0.29) is 21.5 Å². The summed E-state index contributed by atoms with van der Waals surface area (Å²) in [5.41, 5.74) is 0. The SMILES string of the molecule is COC(=O)[C@H]1[C@H]2C[C@H]([C@H](Br)[C@@H]2Br)[C@@H]1C(=O)O. The number of hydrogen-bond acceptors (Lipinski definition) is 3. The van der Waals surface area contributed by atoms with Gasteiger partial charge in [-0.1, -0.05) is 31.9 Å². The Morgan fingerprint density at radius 2 is 1.69 bits per heavy atom. The van der Waals surface area contributed by atoms with Crippen LogP contribution in [0, 0.1) is 23.7 Å². The summed E-state index contributed by atoms with van der Waals surface area (Å²) >= 11 is 7.03. The Kier molecular flexibility index (Phi) is 3.32. The Bertz CT molecular complexity index is 333. The first-order valence-corrected chi connectivity index (χ1v) is 6.91. The normalized spacial score (nSPS) is 45.7. The molecule has 0 aliphatic heterocycles. The standard InChI is InChI=1S/C10H12Br2O4/c1-16-10(15)6-4-2-3(5(6)9(13)14)7(11)8(4)12/h3-8H,2H2,1H3,(H,13,14)/t3-,4+,5-,6-,7-,8+/m0/s1. The second kappa shape index (κ2) is 4.29. The molecule has 16 heavy (non-hydrogen) atoms. The zero-order valence-corrected chi connectivity index (χ0v) is 11.8. The van der Waals surface area contributed by atoms with E-state index in [1.54, 1.807) is 0 Å². The lowest BCUT2D eigenvalue weighted by molar-refractivity contribution is -0.157. The molecule has 0 aromatic carbocycles. The molecule has 6 atom stereocenters. The minimum absolute atomic E-state index is 0.0102. The molecule has 2 bridgehead atoms. The first-order valence-electron chi connectivity index (χ1n) is 5.07. The van der Waals surface area contributed by atoms with E-state index in [1.165, 1.54) is 7.11 Å². The Hall–Kier alpha value is -0.100. The Labute approximate surface area is 110 Å². The van der Waals surface area contributed by atoms with Gasteiger partial charge in [-0.15, -0.1) is 0 Å². The molecule has 0 aromatic rings. The molecule has 6 heteroatoms. The van der Waals surface area contributed by atoms with Gasteiger partial charge in [0.25, 0.3) is 0 Å². The molecular formula is C10H12Br2O4. The van der Waals surface area contributed by atoms with Gasteiger partial charge in [-0.05, 0) is 18.3 Å². The van der Waals surface area contributed by atoms with Gasteiger partial charge in [0.05, 0.1) is 18.9 Å². The minimum atomic E-state index is -0.897. The van der Waals surface area contributed by atoms with E-state index < -0.39 is 23.8 Å². The minimum Gasteiger partial charge on any atom is -0.481 e. The molecule has 0 unspecified atom stereocenters. The number of aliphatic carboxylic acids is 1. The lowest BCUT2D eigenvalue weighted by Crippen LogP contribution is -2.43. The van der Waals surface area contributed by atoms with E-state index >= 15 is 0 Å². The highest BCUT2D eigenvalue weighted by molar-refractivity contribution is 9.12. The summed E-state index contributed by atoms with van der Waals surface area (Å²) < 4.78 is 4.71. The fourth-order valence-electron chi connectivity index (χ4n) is 3.06. The van der Waals surface area contributed by atoms with Crippen LogP contribution in [0.2, 0.25) is 0 Å². The maximum atomic E-state index is 11.6.